The molecular formula is C27H29BrN4O6S. The third kappa shape index (κ3) is 7.64. The Kier molecular flexibility index (Phi) is 10.2. The van der Waals surface area contributed by atoms with E-state index in [1.54, 1.807) is 49.4 Å². The van der Waals surface area contributed by atoms with Gasteiger partial charge in [-0.2, -0.15) is 0 Å². The summed E-state index contributed by atoms with van der Waals surface area (Å²) >= 11 is 3.37. The average molecular weight is 618 g/mol. The molecule has 39 heavy (non-hydrogen) atoms. The van der Waals surface area contributed by atoms with Gasteiger partial charge in [0.2, 0.25) is 11.8 Å². The van der Waals surface area contributed by atoms with Crippen LogP contribution >= 0.6 is 15.9 Å². The fraction of sp³-hybridized carbons (Fsp3) is 0.259. The van der Waals surface area contributed by atoms with Gasteiger partial charge in [-0.3, -0.25) is 24.0 Å². The molecule has 0 spiro atoms. The molecule has 0 unspecified atom stereocenters. The number of nitro benzene ring substituents is 1. The van der Waals surface area contributed by atoms with Gasteiger partial charge in [-0.25, -0.2) is 8.42 Å². The lowest BCUT2D eigenvalue weighted by Crippen LogP contribution is -2.51. The Bertz CT molecular complexity index is 1420. The minimum atomic E-state index is -4.31. The van der Waals surface area contributed by atoms with E-state index < -0.39 is 33.4 Å². The number of nitro groups is 1. The molecule has 0 aliphatic heterocycles. The second kappa shape index (κ2) is 13.3. The maximum Gasteiger partial charge on any atom is 0.271 e. The predicted molar refractivity (Wildman–Crippen MR) is 152 cm³/mol. The molecule has 0 aromatic heterocycles. The predicted octanol–water partition coefficient (Wildman–Crippen LogP) is 4.50. The third-order valence-electron chi connectivity index (χ3n) is 5.92. The van der Waals surface area contributed by atoms with Crippen molar-refractivity contribution < 1.29 is 22.9 Å². The van der Waals surface area contributed by atoms with E-state index in [1.807, 2.05) is 6.92 Å². The number of nitrogens with zero attached hydrogens (tertiary/aromatic N) is 3. The van der Waals surface area contributed by atoms with Crippen LogP contribution in [0, 0.1) is 10.1 Å². The zero-order valence-electron chi connectivity index (χ0n) is 21.5. The molecule has 0 fully saturated rings. The number of carbonyl (C=O) groups excluding carboxylic acids is 2. The van der Waals surface area contributed by atoms with Crippen molar-refractivity contribution in [3.8, 4) is 0 Å². The summed E-state index contributed by atoms with van der Waals surface area (Å²) in [4.78, 5) is 38.7. The van der Waals surface area contributed by atoms with Gasteiger partial charge >= 0.3 is 0 Å². The van der Waals surface area contributed by atoms with Gasteiger partial charge in [-0.15, -0.1) is 0 Å². The molecule has 0 aliphatic carbocycles. The van der Waals surface area contributed by atoms with E-state index in [0.29, 0.717) is 13.0 Å². The summed E-state index contributed by atoms with van der Waals surface area (Å²) in [6.07, 6.45) is 0.703. The van der Waals surface area contributed by atoms with Crippen molar-refractivity contribution in [3.63, 3.8) is 0 Å². The van der Waals surface area contributed by atoms with Gasteiger partial charge in [-0.1, -0.05) is 59.3 Å². The molecule has 10 nitrogen and oxygen atoms in total. The van der Waals surface area contributed by atoms with E-state index in [4.69, 9.17) is 0 Å². The lowest BCUT2D eigenvalue weighted by molar-refractivity contribution is -0.384. The minimum Gasteiger partial charge on any atom is -0.354 e. The van der Waals surface area contributed by atoms with E-state index in [0.717, 1.165) is 20.4 Å². The highest BCUT2D eigenvalue weighted by Gasteiger charge is 2.33. The molecule has 206 valence electrons. The number of sulfonamides is 1. The van der Waals surface area contributed by atoms with E-state index in [9.17, 15) is 28.1 Å². The zero-order chi connectivity index (χ0) is 28.6. The van der Waals surface area contributed by atoms with Gasteiger partial charge in [0.05, 0.1) is 15.5 Å². The Hall–Kier alpha value is -3.77. The van der Waals surface area contributed by atoms with E-state index in [1.165, 1.54) is 35.2 Å². The van der Waals surface area contributed by atoms with Crippen molar-refractivity contribution in [2.45, 2.75) is 37.8 Å². The molecule has 0 heterocycles. The smallest absolute Gasteiger partial charge is 0.271 e. The first-order chi connectivity index (χ1) is 18.5. The van der Waals surface area contributed by atoms with Gasteiger partial charge in [0, 0.05) is 29.7 Å². The van der Waals surface area contributed by atoms with Crippen LogP contribution in [0.4, 0.5) is 11.4 Å². The summed E-state index contributed by atoms with van der Waals surface area (Å²) in [6.45, 7) is 3.26. The number of hydrogen-bond acceptors (Lipinski definition) is 6. The molecule has 3 aromatic carbocycles. The van der Waals surface area contributed by atoms with Crippen molar-refractivity contribution in [2.24, 2.45) is 0 Å². The van der Waals surface area contributed by atoms with Gasteiger partial charge in [0.25, 0.3) is 15.7 Å². The Balaban J connectivity index is 2.04. The Labute approximate surface area is 236 Å². The van der Waals surface area contributed by atoms with Crippen LogP contribution in [0.3, 0.4) is 0 Å². The van der Waals surface area contributed by atoms with Crippen LogP contribution in [0.15, 0.2) is 88.2 Å². The monoisotopic (exact) mass is 616 g/mol. The van der Waals surface area contributed by atoms with Crippen LogP contribution in [-0.2, 0) is 26.2 Å². The third-order valence-corrected chi connectivity index (χ3v) is 8.24. The Morgan fingerprint density at radius 2 is 1.69 bits per heavy atom. The zero-order valence-corrected chi connectivity index (χ0v) is 23.9. The molecule has 0 saturated carbocycles. The summed E-state index contributed by atoms with van der Waals surface area (Å²) in [6, 6.07) is 18.8. The molecule has 0 radical (unpaired) electrons. The van der Waals surface area contributed by atoms with Crippen molar-refractivity contribution in [3.05, 3.63) is 99.0 Å². The molecule has 0 aliphatic rings. The normalized spacial score (nSPS) is 11.9. The van der Waals surface area contributed by atoms with Crippen molar-refractivity contribution in [1.82, 2.24) is 10.2 Å². The minimum absolute atomic E-state index is 0.0426. The number of benzene rings is 3. The molecule has 1 N–H and O–H groups in total. The fourth-order valence-corrected chi connectivity index (χ4v) is 5.47. The molecule has 12 heteroatoms. The molecule has 1 atom stereocenters. The van der Waals surface area contributed by atoms with Gasteiger partial charge in [-0.05, 0) is 49.2 Å². The summed E-state index contributed by atoms with van der Waals surface area (Å²) < 4.78 is 29.1. The van der Waals surface area contributed by atoms with Gasteiger partial charge in [0.15, 0.2) is 0 Å². The molecule has 0 bridgehead atoms. The summed E-state index contributed by atoms with van der Waals surface area (Å²) in [5.74, 6) is -1.03. The van der Waals surface area contributed by atoms with Crippen LogP contribution in [-0.4, -0.2) is 49.2 Å². The van der Waals surface area contributed by atoms with Crippen LogP contribution in [0.25, 0.3) is 0 Å². The standard InChI is InChI=1S/C27H29BrN4O6S/c1-3-16-29-27(34)20(2)30(18-21-12-14-22(28)15-13-21)26(33)19-31(23-8-7-9-24(17-23)32(35)36)39(37,38)25-10-5-4-6-11-25/h4-15,17,20H,3,16,18-19H2,1-2H3,(H,29,34)/t20-/m1/s1. The molecule has 0 saturated heterocycles. The second-order valence-electron chi connectivity index (χ2n) is 8.72. The number of non-ortho nitro benzene ring substituents is 1. The number of carbonyl (C=O) groups is 2. The highest BCUT2D eigenvalue weighted by atomic mass is 79.9. The van der Waals surface area contributed by atoms with Crippen LogP contribution in [0.1, 0.15) is 25.8 Å². The molecule has 3 rings (SSSR count). The highest BCUT2D eigenvalue weighted by Crippen LogP contribution is 2.27. The van der Waals surface area contributed by atoms with Gasteiger partial charge in [0.1, 0.15) is 12.6 Å². The van der Waals surface area contributed by atoms with E-state index >= 15 is 0 Å². The maximum atomic E-state index is 13.8. The number of hydrogen-bond donors (Lipinski definition) is 1. The molecule has 2 amide bonds. The average Bonchev–Trinajstić information content (AvgIpc) is 2.94. The number of halogens is 1. The van der Waals surface area contributed by atoms with Gasteiger partial charge < -0.3 is 10.2 Å². The lowest BCUT2D eigenvalue weighted by Gasteiger charge is -2.32. The van der Waals surface area contributed by atoms with Crippen LogP contribution < -0.4 is 9.62 Å². The van der Waals surface area contributed by atoms with Crippen molar-refractivity contribution >= 4 is 49.1 Å². The quantitative estimate of drug-likeness (QED) is 0.236. The number of nitrogens with one attached hydrogen (secondary N) is 1. The van der Waals surface area contributed by atoms with E-state index in [-0.39, 0.29) is 28.7 Å². The van der Waals surface area contributed by atoms with Crippen LogP contribution in [0.5, 0.6) is 0 Å². The highest BCUT2D eigenvalue weighted by molar-refractivity contribution is 9.10. The summed E-state index contributed by atoms with van der Waals surface area (Å²) in [7, 11) is -4.31. The second-order valence-corrected chi connectivity index (χ2v) is 11.5. The SMILES string of the molecule is CCCNC(=O)[C@@H](C)N(Cc1ccc(Br)cc1)C(=O)CN(c1cccc([N+](=O)[O-])c1)S(=O)(=O)c1ccccc1. The number of rotatable bonds is 12. The molecular weight excluding hydrogens is 588 g/mol. The van der Waals surface area contributed by atoms with Crippen LogP contribution in [0.2, 0.25) is 0 Å². The Morgan fingerprint density at radius 1 is 1.03 bits per heavy atom. The largest absolute Gasteiger partial charge is 0.354 e. The first kappa shape index (κ1) is 29.8. The number of anilines is 1. The maximum absolute atomic E-state index is 13.8. The first-order valence-electron chi connectivity index (χ1n) is 12.2. The summed E-state index contributed by atoms with van der Waals surface area (Å²) in [5, 5.41) is 14.2. The summed E-state index contributed by atoms with van der Waals surface area (Å²) in [5.41, 5.74) is 0.356. The number of amides is 2. The van der Waals surface area contributed by atoms with Crippen molar-refractivity contribution in [2.75, 3.05) is 17.4 Å². The van der Waals surface area contributed by atoms with Crippen molar-refractivity contribution in [1.29, 1.82) is 0 Å². The fourth-order valence-electron chi connectivity index (χ4n) is 3.78. The molecule has 3 aromatic rings. The Morgan fingerprint density at radius 3 is 2.31 bits per heavy atom. The van der Waals surface area contributed by atoms with E-state index in [2.05, 4.69) is 21.2 Å². The first-order valence-corrected chi connectivity index (χ1v) is 14.4. The topological polar surface area (TPSA) is 130 Å². The lowest BCUT2D eigenvalue weighted by atomic mass is 10.1.